The van der Waals surface area contributed by atoms with Crippen molar-refractivity contribution in [2.45, 2.75) is 13.8 Å². The number of nitro groups is 1. The minimum absolute atomic E-state index is 0.00733. The Balaban J connectivity index is 1.54. The third kappa shape index (κ3) is 5.07. The number of amides is 1. The summed E-state index contributed by atoms with van der Waals surface area (Å²) < 4.78 is 11.2. The third-order valence-electron chi connectivity index (χ3n) is 4.13. The molecule has 3 aromatic rings. The molecule has 0 atom stereocenters. The molecule has 0 spiro atoms. The summed E-state index contributed by atoms with van der Waals surface area (Å²) in [7, 11) is 0. The number of carbonyl (C=O) groups is 1. The lowest BCUT2D eigenvalue weighted by atomic mass is 10.1. The van der Waals surface area contributed by atoms with Gasteiger partial charge in [0, 0.05) is 17.7 Å². The van der Waals surface area contributed by atoms with E-state index >= 15 is 0 Å². The Hall–Kier alpha value is -3.94. The maximum Gasteiger partial charge on any atom is 0.277 e. The summed E-state index contributed by atoms with van der Waals surface area (Å²) in [6.07, 6.45) is 1.37. The number of aryl methyl sites for hydroxylation is 2. The van der Waals surface area contributed by atoms with Crippen LogP contribution in [0.15, 0.2) is 64.1 Å². The maximum atomic E-state index is 11.9. The molecule has 0 saturated heterocycles. The summed E-state index contributed by atoms with van der Waals surface area (Å²) in [5, 5.41) is 14.6. The van der Waals surface area contributed by atoms with E-state index in [1.807, 2.05) is 32.0 Å². The van der Waals surface area contributed by atoms with Gasteiger partial charge in [-0.05, 0) is 49.2 Å². The molecule has 0 bridgehead atoms. The number of hydrogen-bond donors (Lipinski definition) is 1. The number of ether oxygens (including phenoxy) is 1. The second-order valence-electron chi connectivity index (χ2n) is 6.31. The highest BCUT2D eigenvalue weighted by atomic mass is 16.6. The molecule has 0 unspecified atom stereocenters. The Bertz CT molecular complexity index is 1030. The number of benzene rings is 2. The molecule has 0 aliphatic rings. The zero-order valence-electron chi connectivity index (χ0n) is 15.9. The van der Waals surface area contributed by atoms with E-state index in [-0.39, 0.29) is 12.3 Å². The molecule has 8 nitrogen and oxygen atoms in total. The minimum atomic E-state index is -0.461. The summed E-state index contributed by atoms with van der Waals surface area (Å²) >= 11 is 0. The van der Waals surface area contributed by atoms with E-state index in [4.69, 9.17) is 9.15 Å². The third-order valence-corrected chi connectivity index (χ3v) is 4.13. The van der Waals surface area contributed by atoms with Gasteiger partial charge < -0.3 is 9.15 Å². The Labute approximate surface area is 167 Å². The van der Waals surface area contributed by atoms with Gasteiger partial charge in [-0.25, -0.2) is 5.43 Å². The first kappa shape index (κ1) is 19.8. The highest BCUT2D eigenvalue weighted by Crippen LogP contribution is 2.24. The average Bonchev–Trinajstić information content (AvgIpc) is 3.16. The van der Waals surface area contributed by atoms with Crippen LogP contribution < -0.4 is 10.2 Å². The van der Waals surface area contributed by atoms with Crippen molar-refractivity contribution in [2.24, 2.45) is 5.10 Å². The largest absolute Gasteiger partial charge is 0.483 e. The van der Waals surface area contributed by atoms with Crippen molar-refractivity contribution >= 4 is 17.8 Å². The molecule has 0 fully saturated rings. The van der Waals surface area contributed by atoms with Gasteiger partial charge in [-0.1, -0.05) is 18.2 Å². The summed E-state index contributed by atoms with van der Waals surface area (Å²) in [6.45, 7) is 3.67. The van der Waals surface area contributed by atoms with Gasteiger partial charge in [0.15, 0.2) is 6.61 Å². The highest BCUT2D eigenvalue weighted by Gasteiger charge is 2.09. The van der Waals surface area contributed by atoms with E-state index in [9.17, 15) is 14.9 Å². The van der Waals surface area contributed by atoms with Crippen molar-refractivity contribution in [3.8, 4) is 17.1 Å². The fourth-order valence-electron chi connectivity index (χ4n) is 2.69. The summed E-state index contributed by atoms with van der Waals surface area (Å²) in [4.78, 5) is 22.2. The average molecular weight is 393 g/mol. The molecule has 1 heterocycles. The molecule has 0 aliphatic carbocycles. The van der Waals surface area contributed by atoms with E-state index in [2.05, 4.69) is 10.5 Å². The first-order valence-electron chi connectivity index (χ1n) is 8.79. The van der Waals surface area contributed by atoms with Crippen LogP contribution in [0.1, 0.15) is 16.9 Å². The predicted octanol–water partition coefficient (Wildman–Crippen LogP) is 4.00. The minimum Gasteiger partial charge on any atom is -0.483 e. The molecule has 29 heavy (non-hydrogen) atoms. The number of para-hydroxylation sites is 1. The van der Waals surface area contributed by atoms with Crippen LogP contribution in [0.4, 0.5) is 5.69 Å². The molecule has 1 N–H and O–H groups in total. The topological polar surface area (TPSA) is 107 Å². The molecule has 1 amide bonds. The quantitative estimate of drug-likeness (QED) is 0.371. The van der Waals surface area contributed by atoms with E-state index in [1.165, 1.54) is 18.3 Å². The van der Waals surface area contributed by atoms with Crippen LogP contribution in [-0.2, 0) is 4.79 Å². The standard InChI is InChI=1S/C21H19N3O5/c1-14-4-3-5-15(2)21(14)28-13-20(25)23-22-12-18-10-11-19(29-18)16-6-8-17(9-7-16)24(26)27/h3-12H,13H2,1-2H3,(H,23,25)/b22-12+. The Morgan fingerprint density at radius 1 is 1.14 bits per heavy atom. The number of nitro benzene ring substituents is 1. The summed E-state index contributed by atoms with van der Waals surface area (Å²) in [5.74, 6) is 1.25. The number of non-ortho nitro benzene ring substituents is 1. The normalized spacial score (nSPS) is 10.8. The van der Waals surface area contributed by atoms with Crippen molar-refractivity contribution in [2.75, 3.05) is 6.61 Å². The second-order valence-corrected chi connectivity index (χ2v) is 6.31. The lowest BCUT2D eigenvalue weighted by molar-refractivity contribution is -0.384. The molecular weight excluding hydrogens is 374 g/mol. The van der Waals surface area contributed by atoms with Gasteiger partial charge in [-0.3, -0.25) is 14.9 Å². The van der Waals surface area contributed by atoms with E-state index < -0.39 is 10.8 Å². The number of rotatable bonds is 7. The smallest absolute Gasteiger partial charge is 0.277 e. The zero-order chi connectivity index (χ0) is 20.8. The molecule has 3 rings (SSSR count). The molecule has 2 aromatic carbocycles. The van der Waals surface area contributed by atoms with Crippen LogP contribution in [0.25, 0.3) is 11.3 Å². The first-order valence-corrected chi connectivity index (χ1v) is 8.79. The van der Waals surface area contributed by atoms with Crippen LogP contribution in [0.2, 0.25) is 0 Å². The van der Waals surface area contributed by atoms with Gasteiger partial charge in [-0.2, -0.15) is 5.10 Å². The zero-order valence-corrected chi connectivity index (χ0v) is 15.9. The number of hydrazone groups is 1. The Morgan fingerprint density at radius 3 is 2.48 bits per heavy atom. The van der Waals surface area contributed by atoms with Gasteiger partial charge in [-0.15, -0.1) is 0 Å². The molecular formula is C21H19N3O5. The monoisotopic (exact) mass is 393 g/mol. The van der Waals surface area contributed by atoms with Crippen molar-refractivity contribution in [3.05, 3.63) is 81.6 Å². The maximum absolute atomic E-state index is 11.9. The van der Waals surface area contributed by atoms with Gasteiger partial charge in [0.05, 0.1) is 11.1 Å². The summed E-state index contributed by atoms with van der Waals surface area (Å²) in [5.41, 5.74) is 4.99. The summed E-state index contributed by atoms with van der Waals surface area (Å²) in [6, 6.07) is 15.2. The van der Waals surface area contributed by atoms with Crippen molar-refractivity contribution < 1.29 is 18.9 Å². The number of nitrogens with one attached hydrogen (secondary N) is 1. The van der Waals surface area contributed by atoms with Crippen molar-refractivity contribution in [1.29, 1.82) is 0 Å². The van der Waals surface area contributed by atoms with Gasteiger partial charge in [0.2, 0.25) is 0 Å². The van der Waals surface area contributed by atoms with Crippen LogP contribution in [0, 0.1) is 24.0 Å². The second kappa shape index (κ2) is 8.83. The molecule has 0 saturated carbocycles. The first-order chi connectivity index (χ1) is 13.9. The van der Waals surface area contributed by atoms with Crippen LogP contribution in [0.5, 0.6) is 5.75 Å². The van der Waals surface area contributed by atoms with E-state index in [0.29, 0.717) is 22.8 Å². The van der Waals surface area contributed by atoms with Crippen LogP contribution in [0.3, 0.4) is 0 Å². The molecule has 8 heteroatoms. The van der Waals surface area contributed by atoms with Crippen molar-refractivity contribution in [1.82, 2.24) is 5.43 Å². The lowest BCUT2D eigenvalue weighted by Gasteiger charge is -2.10. The molecule has 148 valence electrons. The molecule has 0 radical (unpaired) electrons. The number of furan rings is 1. The lowest BCUT2D eigenvalue weighted by Crippen LogP contribution is -2.24. The van der Waals surface area contributed by atoms with Crippen molar-refractivity contribution in [3.63, 3.8) is 0 Å². The number of hydrogen-bond acceptors (Lipinski definition) is 6. The SMILES string of the molecule is Cc1cccc(C)c1OCC(=O)N/N=C/c1ccc(-c2ccc([N+](=O)[O-])cc2)o1. The van der Waals surface area contributed by atoms with E-state index in [1.54, 1.807) is 24.3 Å². The predicted molar refractivity (Wildman–Crippen MR) is 108 cm³/mol. The number of nitrogens with zero attached hydrogens (tertiary/aromatic N) is 2. The molecule has 0 aliphatic heterocycles. The Morgan fingerprint density at radius 2 is 1.83 bits per heavy atom. The Kier molecular flexibility index (Phi) is 6.03. The molecule has 1 aromatic heterocycles. The fraction of sp³-hybridized carbons (Fsp3) is 0.143. The van der Waals surface area contributed by atoms with Gasteiger partial charge in [0.25, 0.3) is 11.6 Å². The number of carbonyl (C=O) groups excluding carboxylic acids is 1. The van der Waals surface area contributed by atoms with Crippen LogP contribution >= 0.6 is 0 Å². The fourth-order valence-corrected chi connectivity index (χ4v) is 2.69. The van der Waals surface area contributed by atoms with Gasteiger partial charge >= 0.3 is 0 Å². The van der Waals surface area contributed by atoms with Crippen LogP contribution in [-0.4, -0.2) is 23.7 Å². The highest BCUT2D eigenvalue weighted by molar-refractivity contribution is 5.81. The van der Waals surface area contributed by atoms with Gasteiger partial charge in [0.1, 0.15) is 17.3 Å². The van der Waals surface area contributed by atoms with E-state index in [0.717, 1.165) is 11.1 Å².